The molecular weight excluding hydrogens is 313 g/mol. The summed E-state index contributed by atoms with van der Waals surface area (Å²) in [6.07, 6.45) is 1.64. The molecule has 2 heterocycles. The van der Waals surface area contributed by atoms with E-state index in [4.69, 9.17) is 23.2 Å². The van der Waals surface area contributed by atoms with Gasteiger partial charge in [0.15, 0.2) is 0 Å². The van der Waals surface area contributed by atoms with Crippen LogP contribution in [0.4, 0.5) is 0 Å². The molecule has 0 spiro atoms. The zero-order valence-corrected chi connectivity index (χ0v) is 12.6. The highest BCUT2D eigenvalue weighted by Crippen LogP contribution is 2.24. The Balaban J connectivity index is 1.85. The van der Waals surface area contributed by atoms with Crippen LogP contribution in [0.15, 0.2) is 24.4 Å². The van der Waals surface area contributed by atoms with Crippen molar-refractivity contribution in [1.29, 1.82) is 0 Å². The SMILES string of the molecule is O=C(c1ccc(Cl)c(Cl)c1)N1CCn2ncc(CO)c2C1. The monoisotopic (exact) mass is 325 g/mol. The number of nitrogens with zero attached hydrogens (tertiary/aromatic N) is 3. The second kappa shape index (κ2) is 5.67. The first-order valence-corrected chi connectivity index (χ1v) is 7.24. The zero-order chi connectivity index (χ0) is 15.0. The molecule has 1 N–H and O–H groups in total. The van der Waals surface area contributed by atoms with Gasteiger partial charge in [-0.15, -0.1) is 0 Å². The summed E-state index contributed by atoms with van der Waals surface area (Å²) < 4.78 is 1.82. The molecule has 0 atom stereocenters. The molecule has 0 aliphatic carbocycles. The van der Waals surface area contributed by atoms with Crippen molar-refractivity contribution in [2.75, 3.05) is 6.54 Å². The highest BCUT2D eigenvalue weighted by molar-refractivity contribution is 6.42. The summed E-state index contributed by atoms with van der Waals surface area (Å²) in [6, 6.07) is 4.85. The Labute approximate surface area is 131 Å². The number of amides is 1. The van der Waals surface area contributed by atoms with Crippen LogP contribution in [0.25, 0.3) is 0 Å². The second-order valence-corrected chi connectivity index (χ2v) is 5.67. The van der Waals surface area contributed by atoms with Crippen molar-refractivity contribution in [3.05, 3.63) is 51.3 Å². The Morgan fingerprint density at radius 2 is 2.10 bits per heavy atom. The maximum absolute atomic E-state index is 12.5. The smallest absolute Gasteiger partial charge is 0.254 e. The van der Waals surface area contributed by atoms with Crippen LogP contribution in [0, 0.1) is 0 Å². The molecule has 2 aromatic rings. The summed E-state index contributed by atoms with van der Waals surface area (Å²) >= 11 is 11.8. The van der Waals surface area contributed by atoms with Gasteiger partial charge in [0, 0.05) is 17.7 Å². The van der Waals surface area contributed by atoms with E-state index in [1.165, 1.54) is 0 Å². The summed E-state index contributed by atoms with van der Waals surface area (Å²) in [7, 11) is 0. The third-order valence-corrected chi connectivity index (χ3v) is 4.32. The van der Waals surface area contributed by atoms with Gasteiger partial charge in [-0.1, -0.05) is 23.2 Å². The second-order valence-electron chi connectivity index (χ2n) is 4.85. The minimum absolute atomic E-state index is 0.0792. The molecule has 0 saturated carbocycles. The minimum Gasteiger partial charge on any atom is -0.392 e. The van der Waals surface area contributed by atoms with E-state index in [2.05, 4.69) is 5.10 Å². The van der Waals surface area contributed by atoms with E-state index < -0.39 is 0 Å². The van der Waals surface area contributed by atoms with Gasteiger partial charge in [-0.05, 0) is 18.2 Å². The van der Waals surface area contributed by atoms with Gasteiger partial charge in [0.2, 0.25) is 0 Å². The maximum Gasteiger partial charge on any atom is 0.254 e. The molecule has 7 heteroatoms. The maximum atomic E-state index is 12.5. The molecule has 21 heavy (non-hydrogen) atoms. The molecule has 3 rings (SSSR count). The van der Waals surface area contributed by atoms with E-state index in [0.717, 1.165) is 11.3 Å². The van der Waals surface area contributed by atoms with Gasteiger partial charge in [-0.2, -0.15) is 5.10 Å². The van der Waals surface area contributed by atoms with Crippen LogP contribution >= 0.6 is 23.2 Å². The number of hydrogen-bond acceptors (Lipinski definition) is 3. The summed E-state index contributed by atoms with van der Waals surface area (Å²) in [5.41, 5.74) is 2.13. The Morgan fingerprint density at radius 3 is 2.81 bits per heavy atom. The largest absolute Gasteiger partial charge is 0.392 e. The molecule has 0 radical (unpaired) electrons. The van der Waals surface area contributed by atoms with Gasteiger partial charge in [0.05, 0.1) is 41.6 Å². The van der Waals surface area contributed by atoms with Crippen molar-refractivity contribution in [1.82, 2.24) is 14.7 Å². The van der Waals surface area contributed by atoms with Crippen LogP contribution in [0.2, 0.25) is 10.0 Å². The first kappa shape index (κ1) is 14.4. The number of aliphatic hydroxyl groups is 1. The molecule has 1 aromatic carbocycles. The summed E-state index contributed by atoms with van der Waals surface area (Å²) in [5, 5.41) is 14.3. The van der Waals surface area contributed by atoms with Crippen LogP contribution < -0.4 is 0 Å². The van der Waals surface area contributed by atoms with Crippen molar-refractivity contribution in [3.8, 4) is 0 Å². The van der Waals surface area contributed by atoms with Gasteiger partial charge in [-0.3, -0.25) is 9.48 Å². The van der Waals surface area contributed by atoms with Gasteiger partial charge in [-0.25, -0.2) is 0 Å². The number of halogens is 2. The third-order valence-electron chi connectivity index (χ3n) is 3.58. The summed E-state index contributed by atoms with van der Waals surface area (Å²) in [6.45, 7) is 1.53. The number of benzene rings is 1. The third kappa shape index (κ3) is 2.64. The fourth-order valence-corrected chi connectivity index (χ4v) is 2.72. The van der Waals surface area contributed by atoms with E-state index >= 15 is 0 Å². The topological polar surface area (TPSA) is 58.4 Å². The van der Waals surface area contributed by atoms with E-state index in [-0.39, 0.29) is 12.5 Å². The first-order valence-electron chi connectivity index (χ1n) is 6.49. The number of aromatic nitrogens is 2. The predicted molar refractivity (Wildman–Crippen MR) is 79.4 cm³/mol. The Morgan fingerprint density at radius 1 is 1.29 bits per heavy atom. The Hall–Kier alpha value is -1.56. The van der Waals surface area contributed by atoms with Crippen LogP contribution in [0.1, 0.15) is 21.6 Å². The van der Waals surface area contributed by atoms with Crippen molar-refractivity contribution in [2.45, 2.75) is 19.7 Å². The van der Waals surface area contributed by atoms with Crippen molar-refractivity contribution < 1.29 is 9.90 Å². The molecular formula is C14H13Cl2N3O2. The minimum atomic E-state index is -0.107. The molecule has 1 amide bonds. The molecule has 0 saturated heterocycles. The average molecular weight is 326 g/mol. The molecule has 0 unspecified atom stereocenters. The lowest BCUT2D eigenvalue weighted by Gasteiger charge is -2.28. The van der Waals surface area contributed by atoms with Gasteiger partial charge in [0.25, 0.3) is 5.91 Å². The van der Waals surface area contributed by atoms with Crippen molar-refractivity contribution in [3.63, 3.8) is 0 Å². The van der Waals surface area contributed by atoms with E-state index in [0.29, 0.717) is 35.2 Å². The molecule has 1 aliphatic rings. The summed E-state index contributed by atoms with van der Waals surface area (Å²) in [5.74, 6) is -0.107. The lowest BCUT2D eigenvalue weighted by molar-refractivity contribution is 0.0704. The van der Waals surface area contributed by atoms with Gasteiger partial charge in [0.1, 0.15) is 0 Å². The summed E-state index contributed by atoms with van der Waals surface area (Å²) in [4.78, 5) is 14.2. The average Bonchev–Trinajstić information content (AvgIpc) is 2.91. The molecule has 1 aromatic heterocycles. The first-order chi connectivity index (χ1) is 10.1. The van der Waals surface area contributed by atoms with Crippen LogP contribution in [0.5, 0.6) is 0 Å². The van der Waals surface area contributed by atoms with E-state index in [1.54, 1.807) is 29.3 Å². The predicted octanol–water partition coefficient (Wildman–Crippen LogP) is 2.34. The lowest BCUT2D eigenvalue weighted by Crippen LogP contribution is -2.38. The normalized spacial score (nSPS) is 14.1. The lowest BCUT2D eigenvalue weighted by atomic mass is 10.1. The van der Waals surface area contributed by atoms with Crippen molar-refractivity contribution in [2.24, 2.45) is 0 Å². The number of fused-ring (bicyclic) bond motifs is 1. The number of hydrogen-bond donors (Lipinski definition) is 1. The van der Waals surface area contributed by atoms with E-state index in [1.807, 2.05) is 4.68 Å². The molecule has 0 fully saturated rings. The number of aliphatic hydroxyl groups excluding tert-OH is 1. The quantitative estimate of drug-likeness (QED) is 0.922. The highest BCUT2D eigenvalue weighted by atomic mass is 35.5. The highest BCUT2D eigenvalue weighted by Gasteiger charge is 2.24. The number of rotatable bonds is 2. The fraction of sp³-hybridized carbons (Fsp3) is 0.286. The van der Waals surface area contributed by atoms with E-state index in [9.17, 15) is 9.90 Å². The number of carbonyl (C=O) groups excluding carboxylic acids is 1. The molecule has 1 aliphatic heterocycles. The standard InChI is InChI=1S/C14H13Cl2N3O2/c15-11-2-1-9(5-12(11)16)14(21)18-3-4-19-13(7-18)10(8-20)6-17-19/h1-2,5-6,20H,3-4,7-8H2. The Kier molecular flexibility index (Phi) is 3.89. The van der Waals surface area contributed by atoms with Crippen molar-refractivity contribution >= 4 is 29.1 Å². The van der Waals surface area contributed by atoms with Gasteiger partial charge < -0.3 is 10.0 Å². The molecule has 110 valence electrons. The van der Waals surface area contributed by atoms with Gasteiger partial charge >= 0.3 is 0 Å². The number of carbonyl (C=O) groups is 1. The fourth-order valence-electron chi connectivity index (χ4n) is 2.42. The van der Waals surface area contributed by atoms with Crippen LogP contribution in [-0.2, 0) is 19.7 Å². The Bertz CT molecular complexity index is 686. The zero-order valence-electron chi connectivity index (χ0n) is 11.1. The van der Waals surface area contributed by atoms with Crippen LogP contribution in [0.3, 0.4) is 0 Å². The molecule has 5 nitrogen and oxygen atoms in total. The van der Waals surface area contributed by atoms with Crippen LogP contribution in [-0.4, -0.2) is 32.2 Å². The molecule has 0 bridgehead atoms.